The monoisotopic (exact) mass is 226 g/mol. The highest BCUT2D eigenvalue weighted by atomic mass is 16.2. The molecule has 0 unspecified atom stereocenters. The van der Waals surface area contributed by atoms with Crippen LogP contribution in [-0.2, 0) is 0 Å². The molecule has 2 amide bonds. The summed E-state index contributed by atoms with van der Waals surface area (Å²) in [6.07, 6.45) is 8.06. The van der Waals surface area contributed by atoms with Gasteiger partial charge in [-0.05, 0) is 32.6 Å². The molecule has 2 N–H and O–H groups in total. The Bertz CT molecular complexity index is 218. The first-order chi connectivity index (χ1) is 7.59. The molecule has 1 aliphatic rings. The van der Waals surface area contributed by atoms with Gasteiger partial charge in [0.1, 0.15) is 0 Å². The van der Waals surface area contributed by atoms with E-state index in [1.807, 2.05) is 0 Å². The Hall–Kier alpha value is -0.730. The van der Waals surface area contributed by atoms with Gasteiger partial charge in [0.15, 0.2) is 0 Å². The van der Waals surface area contributed by atoms with Gasteiger partial charge >= 0.3 is 6.03 Å². The molecule has 0 aromatic heterocycles. The Morgan fingerprint density at radius 2 is 1.75 bits per heavy atom. The lowest BCUT2D eigenvalue weighted by Crippen LogP contribution is -2.52. The Labute approximate surface area is 99.4 Å². The SMILES string of the molecule is CCC(C)(CC)NC(=O)NC1CCCCC1. The molecule has 3 nitrogen and oxygen atoms in total. The van der Waals surface area contributed by atoms with Crippen molar-refractivity contribution >= 4 is 6.03 Å². The van der Waals surface area contributed by atoms with Gasteiger partial charge in [0.25, 0.3) is 0 Å². The second kappa shape index (κ2) is 6.12. The van der Waals surface area contributed by atoms with Gasteiger partial charge in [0, 0.05) is 11.6 Å². The van der Waals surface area contributed by atoms with Crippen LogP contribution in [0.15, 0.2) is 0 Å². The quantitative estimate of drug-likeness (QED) is 0.759. The van der Waals surface area contributed by atoms with Crippen LogP contribution in [0.5, 0.6) is 0 Å². The van der Waals surface area contributed by atoms with Crippen LogP contribution in [0.4, 0.5) is 4.79 Å². The lowest BCUT2D eigenvalue weighted by molar-refractivity contribution is 0.216. The number of hydrogen-bond donors (Lipinski definition) is 2. The van der Waals surface area contributed by atoms with Crippen LogP contribution < -0.4 is 10.6 Å². The van der Waals surface area contributed by atoms with Gasteiger partial charge in [-0.2, -0.15) is 0 Å². The predicted molar refractivity (Wildman–Crippen MR) is 67.5 cm³/mol. The van der Waals surface area contributed by atoms with Crippen molar-refractivity contribution < 1.29 is 4.79 Å². The largest absolute Gasteiger partial charge is 0.335 e. The smallest absolute Gasteiger partial charge is 0.315 e. The molecule has 0 aliphatic heterocycles. The van der Waals surface area contributed by atoms with E-state index in [0.717, 1.165) is 25.7 Å². The molecule has 0 spiro atoms. The van der Waals surface area contributed by atoms with Crippen molar-refractivity contribution in [3.8, 4) is 0 Å². The summed E-state index contributed by atoms with van der Waals surface area (Å²) < 4.78 is 0. The van der Waals surface area contributed by atoms with Gasteiger partial charge in [-0.1, -0.05) is 33.1 Å². The summed E-state index contributed by atoms with van der Waals surface area (Å²) in [5, 5.41) is 6.18. The zero-order chi connectivity index (χ0) is 12.0. The number of amides is 2. The normalized spacial score (nSPS) is 18.2. The number of carbonyl (C=O) groups excluding carboxylic acids is 1. The Balaban J connectivity index is 2.34. The van der Waals surface area contributed by atoms with E-state index < -0.39 is 0 Å². The molecule has 3 heteroatoms. The van der Waals surface area contributed by atoms with Crippen molar-refractivity contribution in [2.75, 3.05) is 0 Å². The first kappa shape index (κ1) is 13.3. The summed E-state index contributed by atoms with van der Waals surface area (Å²) in [6, 6.07) is 0.407. The molecular weight excluding hydrogens is 200 g/mol. The van der Waals surface area contributed by atoms with Crippen LogP contribution >= 0.6 is 0 Å². The Morgan fingerprint density at radius 1 is 1.19 bits per heavy atom. The third-order valence-electron chi connectivity index (χ3n) is 3.92. The van der Waals surface area contributed by atoms with E-state index in [1.54, 1.807) is 0 Å². The van der Waals surface area contributed by atoms with Gasteiger partial charge < -0.3 is 10.6 Å². The molecule has 1 aliphatic carbocycles. The summed E-state index contributed by atoms with van der Waals surface area (Å²) in [6.45, 7) is 6.34. The van der Waals surface area contributed by atoms with E-state index in [0.29, 0.717) is 6.04 Å². The molecule has 94 valence electrons. The Kier molecular flexibility index (Phi) is 5.10. The second-order valence-corrected chi connectivity index (χ2v) is 5.20. The molecule has 1 rings (SSSR count). The summed E-state index contributed by atoms with van der Waals surface area (Å²) >= 11 is 0. The highest BCUT2D eigenvalue weighted by Crippen LogP contribution is 2.18. The molecule has 1 fully saturated rings. The third-order valence-corrected chi connectivity index (χ3v) is 3.92. The van der Waals surface area contributed by atoms with E-state index in [9.17, 15) is 4.79 Å². The topological polar surface area (TPSA) is 41.1 Å². The van der Waals surface area contributed by atoms with Gasteiger partial charge in [-0.25, -0.2) is 4.79 Å². The maximum absolute atomic E-state index is 11.8. The highest BCUT2D eigenvalue weighted by Gasteiger charge is 2.23. The fraction of sp³-hybridized carbons (Fsp3) is 0.923. The Morgan fingerprint density at radius 3 is 2.25 bits per heavy atom. The van der Waals surface area contributed by atoms with Crippen LogP contribution in [0.1, 0.15) is 65.7 Å². The zero-order valence-corrected chi connectivity index (χ0v) is 10.9. The minimum Gasteiger partial charge on any atom is -0.335 e. The standard InChI is InChI=1S/C13H26N2O/c1-4-13(3,5-2)15-12(16)14-11-9-7-6-8-10-11/h11H,4-10H2,1-3H3,(H2,14,15,16). The third kappa shape index (κ3) is 4.03. The van der Waals surface area contributed by atoms with Crippen molar-refractivity contribution in [1.29, 1.82) is 0 Å². The molecule has 0 radical (unpaired) electrons. The molecule has 0 bridgehead atoms. The molecule has 1 saturated carbocycles. The molecule has 0 saturated heterocycles. The summed E-state index contributed by atoms with van der Waals surface area (Å²) in [5.41, 5.74) is -0.0568. The van der Waals surface area contributed by atoms with Crippen LogP contribution in [0, 0.1) is 0 Å². The van der Waals surface area contributed by atoms with E-state index in [1.165, 1.54) is 19.3 Å². The lowest BCUT2D eigenvalue weighted by atomic mass is 9.95. The summed E-state index contributed by atoms with van der Waals surface area (Å²) in [7, 11) is 0. The van der Waals surface area contributed by atoms with Gasteiger partial charge in [0.2, 0.25) is 0 Å². The van der Waals surface area contributed by atoms with Gasteiger partial charge in [-0.15, -0.1) is 0 Å². The first-order valence-electron chi connectivity index (χ1n) is 6.68. The minimum atomic E-state index is -0.0568. The molecule has 0 heterocycles. The molecule has 0 atom stereocenters. The van der Waals surface area contributed by atoms with Crippen LogP contribution in [-0.4, -0.2) is 17.6 Å². The van der Waals surface area contributed by atoms with Crippen molar-refractivity contribution in [1.82, 2.24) is 10.6 Å². The van der Waals surface area contributed by atoms with E-state index in [-0.39, 0.29) is 11.6 Å². The van der Waals surface area contributed by atoms with Crippen molar-refractivity contribution in [2.24, 2.45) is 0 Å². The molecule has 0 aromatic rings. The summed E-state index contributed by atoms with van der Waals surface area (Å²) in [5.74, 6) is 0. The average molecular weight is 226 g/mol. The van der Waals surface area contributed by atoms with Crippen molar-refractivity contribution in [3.63, 3.8) is 0 Å². The molecular formula is C13H26N2O. The van der Waals surface area contributed by atoms with Crippen molar-refractivity contribution in [3.05, 3.63) is 0 Å². The van der Waals surface area contributed by atoms with Crippen LogP contribution in [0.3, 0.4) is 0 Å². The number of urea groups is 1. The maximum atomic E-state index is 11.8. The van der Waals surface area contributed by atoms with E-state index in [2.05, 4.69) is 31.4 Å². The lowest BCUT2D eigenvalue weighted by Gasteiger charge is -2.30. The number of carbonyl (C=O) groups is 1. The molecule has 16 heavy (non-hydrogen) atoms. The number of nitrogens with one attached hydrogen (secondary N) is 2. The van der Waals surface area contributed by atoms with E-state index in [4.69, 9.17) is 0 Å². The minimum absolute atomic E-state index is 0.0121. The van der Waals surface area contributed by atoms with Crippen molar-refractivity contribution in [2.45, 2.75) is 77.3 Å². The fourth-order valence-corrected chi connectivity index (χ4v) is 2.17. The number of rotatable bonds is 4. The van der Waals surface area contributed by atoms with Gasteiger partial charge in [-0.3, -0.25) is 0 Å². The summed E-state index contributed by atoms with van der Waals surface area (Å²) in [4.78, 5) is 11.8. The second-order valence-electron chi connectivity index (χ2n) is 5.20. The molecule has 0 aromatic carbocycles. The average Bonchev–Trinajstić information content (AvgIpc) is 2.30. The van der Waals surface area contributed by atoms with Crippen LogP contribution in [0.2, 0.25) is 0 Å². The fourth-order valence-electron chi connectivity index (χ4n) is 2.17. The predicted octanol–water partition coefficient (Wildman–Crippen LogP) is 3.20. The highest BCUT2D eigenvalue weighted by molar-refractivity contribution is 5.75. The van der Waals surface area contributed by atoms with E-state index >= 15 is 0 Å². The maximum Gasteiger partial charge on any atom is 0.315 e. The zero-order valence-electron chi connectivity index (χ0n) is 10.9. The van der Waals surface area contributed by atoms with Crippen LogP contribution in [0.25, 0.3) is 0 Å². The first-order valence-corrected chi connectivity index (χ1v) is 6.68. The van der Waals surface area contributed by atoms with Gasteiger partial charge in [0.05, 0.1) is 0 Å². The number of hydrogen-bond acceptors (Lipinski definition) is 1.